The van der Waals surface area contributed by atoms with Crippen LogP contribution in [0.5, 0.6) is 0 Å². The predicted molar refractivity (Wildman–Crippen MR) is 91.3 cm³/mol. The molecule has 0 unspecified atom stereocenters. The zero-order valence-corrected chi connectivity index (χ0v) is 15.3. The van der Waals surface area contributed by atoms with Gasteiger partial charge >= 0.3 is 0 Å². The largest absolute Gasteiger partial charge is 0.337 e. The third-order valence-electron chi connectivity index (χ3n) is 4.13. The van der Waals surface area contributed by atoms with E-state index < -0.39 is 15.9 Å². The van der Waals surface area contributed by atoms with Crippen LogP contribution in [0.4, 0.5) is 0 Å². The number of aromatic nitrogens is 2. The Bertz CT molecular complexity index is 824. The molecule has 0 atom stereocenters. The maximum absolute atomic E-state index is 12.2. The van der Waals surface area contributed by atoms with Crippen molar-refractivity contribution in [1.29, 1.82) is 0 Å². The minimum Gasteiger partial charge on any atom is -0.337 e. The highest BCUT2D eigenvalue weighted by molar-refractivity contribution is 7.89. The fraction of sp³-hybridized carbons (Fsp3) is 0.467. The van der Waals surface area contributed by atoms with E-state index in [9.17, 15) is 13.2 Å². The Hall–Kier alpha value is -1.71. The van der Waals surface area contributed by atoms with Gasteiger partial charge in [0.25, 0.3) is 15.9 Å². The lowest BCUT2D eigenvalue weighted by molar-refractivity contribution is 0.0949. The number of rotatable bonds is 4. The van der Waals surface area contributed by atoms with Crippen molar-refractivity contribution in [3.63, 3.8) is 0 Å². The molecule has 9 heteroatoms. The highest BCUT2D eigenvalue weighted by atomic mass is 32.2. The molecule has 2 aromatic heterocycles. The van der Waals surface area contributed by atoms with E-state index in [1.807, 2.05) is 6.07 Å². The summed E-state index contributed by atoms with van der Waals surface area (Å²) in [5.74, 6) is 0.132. The molecule has 0 radical (unpaired) electrons. The average molecular weight is 368 g/mol. The quantitative estimate of drug-likeness (QED) is 0.634. The Morgan fingerprint density at radius 3 is 2.75 bits per heavy atom. The normalized spacial score (nSPS) is 14.9. The minimum absolute atomic E-state index is 0.121. The van der Waals surface area contributed by atoms with Crippen LogP contribution in [0.25, 0.3) is 0 Å². The summed E-state index contributed by atoms with van der Waals surface area (Å²) < 4.78 is 26.0. The fourth-order valence-electron chi connectivity index (χ4n) is 2.66. The first kappa shape index (κ1) is 17.1. The van der Waals surface area contributed by atoms with E-state index in [0.29, 0.717) is 10.7 Å². The van der Waals surface area contributed by atoms with Gasteiger partial charge in [-0.3, -0.25) is 10.2 Å². The summed E-state index contributed by atoms with van der Waals surface area (Å²) in [7, 11) is -2.18. The molecule has 1 aliphatic rings. The summed E-state index contributed by atoms with van der Waals surface area (Å²) in [6.45, 7) is 1.70. The maximum atomic E-state index is 12.2. The smallest absolute Gasteiger partial charge is 0.276 e. The Morgan fingerprint density at radius 1 is 1.29 bits per heavy atom. The SMILES string of the molecule is Cc1nc(S(=O)(=O)NNC(=O)c2cc3c(s2)CCCCC3)cn1C. The number of fused-ring (bicyclic) bond motifs is 1. The Labute approximate surface area is 145 Å². The van der Waals surface area contributed by atoms with Gasteiger partial charge in [0, 0.05) is 18.1 Å². The summed E-state index contributed by atoms with van der Waals surface area (Å²) in [6.07, 6.45) is 6.87. The number of amides is 1. The number of nitrogens with zero attached hydrogens (tertiary/aromatic N) is 2. The summed E-state index contributed by atoms with van der Waals surface area (Å²) in [5.41, 5.74) is 3.49. The third-order valence-corrected chi connectivity index (χ3v) is 6.49. The standard InChI is InChI=1S/C15H20N4O3S2/c1-10-16-14(9-19(10)2)24(21,22)18-17-15(20)13-8-11-6-4-3-5-7-12(11)23-13/h8-9,18H,3-7H2,1-2H3,(H,17,20). The molecular weight excluding hydrogens is 348 g/mol. The Kier molecular flexibility index (Phi) is 4.75. The molecule has 0 saturated heterocycles. The second kappa shape index (κ2) is 6.66. The van der Waals surface area contributed by atoms with Crippen molar-refractivity contribution < 1.29 is 13.2 Å². The Balaban J connectivity index is 1.69. The van der Waals surface area contributed by atoms with Gasteiger partial charge in [0.05, 0.1) is 4.88 Å². The average Bonchev–Trinajstić information content (AvgIpc) is 3.02. The van der Waals surface area contributed by atoms with Gasteiger partial charge in [-0.25, -0.2) is 13.4 Å². The van der Waals surface area contributed by atoms with Gasteiger partial charge in [-0.1, -0.05) is 6.42 Å². The van der Waals surface area contributed by atoms with Crippen molar-refractivity contribution in [1.82, 2.24) is 19.8 Å². The van der Waals surface area contributed by atoms with Gasteiger partial charge in [0.1, 0.15) is 5.82 Å². The molecular formula is C15H20N4O3S2. The number of hydrogen-bond acceptors (Lipinski definition) is 5. The van der Waals surface area contributed by atoms with E-state index >= 15 is 0 Å². The third kappa shape index (κ3) is 3.52. The molecule has 7 nitrogen and oxygen atoms in total. The number of imidazole rings is 1. The van der Waals surface area contributed by atoms with E-state index in [-0.39, 0.29) is 5.03 Å². The van der Waals surface area contributed by atoms with E-state index in [1.165, 1.54) is 34.4 Å². The molecule has 0 fully saturated rings. The first-order valence-corrected chi connectivity index (χ1v) is 10.1. The molecule has 0 spiro atoms. The molecule has 2 N–H and O–H groups in total. The summed E-state index contributed by atoms with van der Waals surface area (Å²) in [6, 6.07) is 1.87. The van der Waals surface area contributed by atoms with Gasteiger partial charge in [0.2, 0.25) is 0 Å². The highest BCUT2D eigenvalue weighted by Gasteiger charge is 2.21. The molecule has 130 valence electrons. The van der Waals surface area contributed by atoms with Crippen molar-refractivity contribution >= 4 is 27.3 Å². The zero-order valence-electron chi connectivity index (χ0n) is 13.6. The van der Waals surface area contributed by atoms with Crippen LogP contribution in [0.15, 0.2) is 17.3 Å². The highest BCUT2D eigenvalue weighted by Crippen LogP contribution is 2.28. The van der Waals surface area contributed by atoms with Crippen LogP contribution in [-0.4, -0.2) is 23.9 Å². The topological polar surface area (TPSA) is 93.1 Å². The van der Waals surface area contributed by atoms with Crippen LogP contribution in [0.1, 0.15) is 45.2 Å². The molecule has 1 aliphatic carbocycles. The second-order valence-electron chi connectivity index (χ2n) is 5.92. The van der Waals surface area contributed by atoms with Crippen LogP contribution in [0.2, 0.25) is 0 Å². The van der Waals surface area contributed by atoms with Crippen molar-refractivity contribution in [2.45, 2.75) is 44.1 Å². The van der Waals surface area contributed by atoms with Gasteiger partial charge in [-0.2, -0.15) is 0 Å². The van der Waals surface area contributed by atoms with Crippen molar-refractivity contribution in [2.24, 2.45) is 7.05 Å². The van der Waals surface area contributed by atoms with Crippen LogP contribution in [0.3, 0.4) is 0 Å². The lowest BCUT2D eigenvalue weighted by atomic mass is 10.1. The molecule has 2 aromatic rings. The zero-order chi connectivity index (χ0) is 17.3. The summed E-state index contributed by atoms with van der Waals surface area (Å²) in [4.78, 5) is 20.1. The van der Waals surface area contributed by atoms with Crippen molar-refractivity contribution in [3.8, 4) is 0 Å². The lowest BCUT2D eigenvalue weighted by Gasteiger charge is -2.05. The minimum atomic E-state index is -3.88. The summed E-state index contributed by atoms with van der Waals surface area (Å²) in [5, 5.41) is -0.121. The number of hydrazine groups is 1. The number of aryl methyl sites for hydroxylation is 4. The number of carbonyl (C=O) groups is 1. The first-order valence-electron chi connectivity index (χ1n) is 7.80. The van der Waals surface area contributed by atoms with Crippen LogP contribution >= 0.6 is 11.3 Å². The molecule has 1 amide bonds. The van der Waals surface area contributed by atoms with E-state index in [0.717, 1.165) is 25.7 Å². The Morgan fingerprint density at radius 2 is 2.04 bits per heavy atom. The first-order chi connectivity index (χ1) is 11.4. The maximum Gasteiger partial charge on any atom is 0.276 e. The number of carbonyl (C=O) groups excluding carboxylic acids is 1. The van der Waals surface area contributed by atoms with Gasteiger partial charge in [0.15, 0.2) is 5.03 Å². The number of hydrogen-bond donors (Lipinski definition) is 2. The van der Waals surface area contributed by atoms with E-state index in [2.05, 4.69) is 15.2 Å². The molecule has 0 saturated carbocycles. The van der Waals surface area contributed by atoms with Crippen LogP contribution < -0.4 is 10.3 Å². The number of sulfonamides is 1. The molecule has 2 heterocycles. The van der Waals surface area contributed by atoms with Crippen LogP contribution in [-0.2, 0) is 29.9 Å². The van der Waals surface area contributed by atoms with Gasteiger partial charge in [-0.05, 0) is 44.2 Å². The molecule has 24 heavy (non-hydrogen) atoms. The second-order valence-corrected chi connectivity index (χ2v) is 8.68. The van der Waals surface area contributed by atoms with Gasteiger partial charge in [-0.15, -0.1) is 16.2 Å². The van der Waals surface area contributed by atoms with E-state index in [1.54, 1.807) is 18.5 Å². The predicted octanol–water partition coefficient (Wildman–Crippen LogP) is 1.68. The molecule has 0 aliphatic heterocycles. The van der Waals surface area contributed by atoms with Crippen molar-refractivity contribution in [3.05, 3.63) is 33.4 Å². The molecule has 0 bridgehead atoms. The molecule has 0 aromatic carbocycles. The van der Waals surface area contributed by atoms with Crippen LogP contribution in [0, 0.1) is 6.92 Å². The lowest BCUT2D eigenvalue weighted by Crippen LogP contribution is -2.41. The number of nitrogens with one attached hydrogen (secondary N) is 2. The fourth-order valence-corrected chi connectivity index (χ4v) is 4.69. The van der Waals surface area contributed by atoms with Crippen molar-refractivity contribution in [2.75, 3.05) is 0 Å². The number of thiophene rings is 1. The monoisotopic (exact) mass is 368 g/mol. The summed E-state index contributed by atoms with van der Waals surface area (Å²) >= 11 is 1.44. The van der Waals surface area contributed by atoms with Gasteiger partial charge < -0.3 is 4.57 Å². The van der Waals surface area contributed by atoms with E-state index in [4.69, 9.17) is 0 Å². The molecule has 3 rings (SSSR count).